The number of hydrogen-bond acceptors (Lipinski definition) is 3. The van der Waals surface area contributed by atoms with E-state index in [9.17, 15) is 14.7 Å². The van der Waals surface area contributed by atoms with E-state index in [1.54, 1.807) is 0 Å². The number of amides is 4. The van der Waals surface area contributed by atoms with Crippen LogP contribution in [0.25, 0.3) is 0 Å². The van der Waals surface area contributed by atoms with E-state index in [1.165, 1.54) is 14.7 Å². The molecule has 0 atom stereocenters. The molecular formula is C12H23N3O3. The minimum Gasteiger partial charge on any atom is -0.356 e. The minimum atomic E-state index is -1.13. The predicted molar refractivity (Wildman–Crippen MR) is 67.8 cm³/mol. The summed E-state index contributed by atoms with van der Waals surface area (Å²) in [6.07, 6.45) is 1.08. The van der Waals surface area contributed by atoms with Crippen LogP contribution in [-0.4, -0.2) is 57.9 Å². The molecule has 0 aromatic carbocycles. The first kappa shape index (κ1) is 14.8. The molecule has 1 aliphatic heterocycles. The zero-order valence-corrected chi connectivity index (χ0v) is 11.4. The Labute approximate surface area is 108 Å². The van der Waals surface area contributed by atoms with Gasteiger partial charge in [0, 0.05) is 19.6 Å². The molecule has 6 nitrogen and oxygen atoms in total. The van der Waals surface area contributed by atoms with Crippen molar-refractivity contribution in [1.82, 2.24) is 14.7 Å². The Hall–Kier alpha value is -1.30. The fourth-order valence-corrected chi connectivity index (χ4v) is 2.08. The summed E-state index contributed by atoms with van der Waals surface area (Å²) in [6.45, 7) is 7.08. The van der Waals surface area contributed by atoms with Crippen LogP contribution in [-0.2, 0) is 0 Å². The zero-order chi connectivity index (χ0) is 13.7. The molecule has 4 amide bonds. The SMILES string of the molecule is CCCN1C(=O)N(CCC)C(O)N(CCC)C1=O. The van der Waals surface area contributed by atoms with E-state index in [4.69, 9.17) is 0 Å². The van der Waals surface area contributed by atoms with Gasteiger partial charge in [0.15, 0.2) is 0 Å². The molecule has 0 bridgehead atoms. The number of urea groups is 2. The van der Waals surface area contributed by atoms with Gasteiger partial charge in [-0.15, -0.1) is 0 Å². The molecule has 0 unspecified atom stereocenters. The van der Waals surface area contributed by atoms with Crippen molar-refractivity contribution in [1.29, 1.82) is 0 Å². The van der Waals surface area contributed by atoms with Crippen LogP contribution < -0.4 is 0 Å². The maximum absolute atomic E-state index is 12.1. The van der Waals surface area contributed by atoms with Gasteiger partial charge in [0.05, 0.1) is 0 Å². The molecule has 18 heavy (non-hydrogen) atoms. The molecule has 0 aliphatic carbocycles. The van der Waals surface area contributed by atoms with Gasteiger partial charge in [0.25, 0.3) is 0 Å². The quantitative estimate of drug-likeness (QED) is 0.787. The number of aliphatic hydroxyl groups excluding tert-OH is 1. The molecule has 0 spiro atoms. The highest BCUT2D eigenvalue weighted by Gasteiger charge is 2.41. The molecule has 104 valence electrons. The maximum atomic E-state index is 12.1. The number of carbonyl (C=O) groups excluding carboxylic acids is 2. The fraction of sp³-hybridized carbons (Fsp3) is 0.833. The second-order valence-electron chi connectivity index (χ2n) is 4.45. The summed E-state index contributed by atoms with van der Waals surface area (Å²) < 4.78 is 0. The standard InChI is InChI=1S/C12H23N3O3/c1-4-7-13-10(16)14(8-5-2)12(18)15(9-6-3)11(13)17/h10,16H,4-9H2,1-3H3. The molecule has 0 radical (unpaired) electrons. The molecule has 0 aromatic heterocycles. The van der Waals surface area contributed by atoms with Crippen molar-refractivity contribution < 1.29 is 14.7 Å². The molecule has 1 saturated heterocycles. The van der Waals surface area contributed by atoms with Crippen LogP contribution in [0.3, 0.4) is 0 Å². The van der Waals surface area contributed by atoms with Crippen LogP contribution >= 0.6 is 0 Å². The Morgan fingerprint density at radius 2 is 1.28 bits per heavy atom. The largest absolute Gasteiger partial charge is 0.356 e. The van der Waals surface area contributed by atoms with Crippen LogP contribution in [0.2, 0.25) is 0 Å². The lowest BCUT2D eigenvalue weighted by Gasteiger charge is -2.44. The van der Waals surface area contributed by atoms with Crippen molar-refractivity contribution in [3.05, 3.63) is 0 Å². The Balaban J connectivity index is 2.94. The number of nitrogens with zero attached hydrogens (tertiary/aromatic N) is 3. The van der Waals surface area contributed by atoms with Gasteiger partial charge >= 0.3 is 12.1 Å². The Bertz CT molecular complexity index is 283. The summed E-state index contributed by atoms with van der Waals surface area (Å²) in [7, 11) is 0. The molecule has 1 rings (SSSR count). The van der Waals surface area contributed by atoms with Gasteiger partial charge < -0.3 is 5.11 Å². The van der Waals surface area contributed by atoms with Gasteiger partial charge in [-0.05, 0) is 19.3 Å². The Morgan fingerprint density at radius 3 is 1.61 bits per heavy atom. The minimum absolute atomic E-state index is 0.386. The number of aliphatic hydroxyl groups is 1. The molecular weight excluding hydrogens is 234 g/mol. The lowest BCUT2D eigenvalue weighted by atomic mass is 10.3. The van der Waals surface area contributed by atoms with Crippen molar-refractivity contribution >= 4 is 12.1 Å². The molecule has 1 aliphatic rings. The van der Waals surface area contributed by atoms with Crippen molar-refractivity contribution in [3.8, 4) is 0 Å². The summed E-state index contributed by atoms with van der Waals surface area (Å²) in [5.41, 5.74) is 0. The molecule has 1 N–H and O–H groups in total. The van der Waals surface area contributed by atoms with E-state index in [-0.39, 0.29) is 12.1 Å². The van der Waals surface area contributed by atoms with Crippen LogP contribution in [0.15, 0.2) is 0 Å². The number of rotatable bonds is 6. The van der Waals surface area contributed by atoms with Crippen LogP contribution in [0, 0.1) is 0 Å². The highest BCUT2D eigenvalue weighted by atomic mass is 16.3. The topological polar surface area (TPSA) is 64.1 Å². The Morgan fingerprint density at radius 1 is 0.889 bits per heavy atom. The average molecular weight is 257 g/mol. The van der Waals surface area contributed by atoms with Gasteiger partial charge in [-0.1, -0.05) is 20.8 Å². The summed E-state index contributed by atoms with van der Waals surface area (Å²) in [4.78, 5) is 28.2. The highest BCUT2D eigenvalue weighted by molar-refractivity contribution is 5.95. The third-order valence-electron chi connectivity index (χ3n) is 2.89. The fourth-order valence-electron chi connectivity index (χ4n) is 2.08. The molecule has 0 aromatic rings. The summed E-state index contributed by atoms with van der Waals surface area (Å²) >= 11 is 0. The summed E-state index contributed by atoms with van der Waals surface area (Å²) in [6, 6.07) is -0.771. The lowest BCUT2D eigenvalue weighted by Crippen LogP contribution is -2.66. The highest BCUT2D eigenvalue weighted by Crippen LogP contribution is 2.18. The van der Waals surface area contributed by atoms with Crippen molar-refractivity contribution in [2.24, 2.45) is 0 Å². The van der Waals surface area contributed by atoms with E-state index in [1.807, 2.05) is 20.8 Å². The molecule has 0 saturated carbocycles. The smallest absolute Gasteiger partial charge is 0.331 e. The third kappa shape index (κ3) is 2.75. The molecule has 1 fully saturated rings. The first-order valence-electron chi connectivity index (χ1n) is 6.65. The van der Waals surface area contributed by atoms with Gasteiger partial charge in [0.2, 0.25) is 6.35 Å². The number of imide groups is 1. The van der Waals surface area contributed by atoms with Crippen LogP contribution in [0.1, 0.15) is 40.0 Å². The van der Waals surface area contributed by atoms with Crippen molar-refractivity contribution in [2.45, 2.75) is 46.4 Å². The second-order valence-corrected chi connectivity index (χ2v) is 4.45. The summed E-state index contributed by atoms with van der Waals surface area (Å²) in [5, 5.41) is 10.1. The maximum Gasteiger partial charge on any atom is 0.331 e. The first-order chi connectivity index (χ1) is 8.58. The zero-order valence-electron chi connectivity index (χ0n) is 11.4. The number of carbonyl (C=O) groups is 2. The van der Waals surface area contributed by atoms with E-state index in [0.29, 0.717) is 26.1 Å². The average Bonchev–Trinajstić information content (AvgIpc) is 2.35. The summed E-state index contributed by atoms with van der Waals surface area (Å²) in [5.74, 6) is 0. The van der Waals surface area contributed by atoms with Gasteiger partial charge in [-0.2, -0.15) is 0 Å². The number of hydrogen-bond donors (Lipinski definition) is 1. The molecule has 6 heteroatoms. The van der Waals surface area contributed by atoms with Gasteiger partial charge in [-0.3, -0.25) is 9.80 Å². The van der Waals surface area contributed by atoms with E-state index < -0.39 is 6.35 Å². The third-order valence-corrected chi connectivity index (χ3v) is 2.89. The van der Waals surface area contributed by atoms with E-state index in [2.05, 4.69) is 0 Å². The first-order valence-corrected chi connectivity index (χ1v) is 6.65. The van der Waals surface area contributed by atoms with Crippen LogP contribution in [0.4, 0.5) is 9.59 Å². The van der Waals surface area contributed by atoms with Gasteiger partial charge in [0.1, 0.15) is 0 Å². The van der Waals surface area contributed by atoms with Crippen LogP contribution in [0.5, 0.6) is 0 Å². The normalized spacial score (nSPS) is 17.9. The molecule has 1 heterocycles. The van der Waals surface area contributed by atoms with E-state index in [0.717, 1.165) is 12.8 Å². The predicted octanol–water partition coefficient (Wildman–Crippen LogP) is 1.65. The lowest BCUT2D eigenvalue weighted by molar-refractivity contribution is -0.0927. The van der Waals surface area contributed by atoms with E-state index >= 15 is 0 Å². The van der Waals surface area contributed by atoms with Crippen molar-refractivity contribution in [3.63, 3.8) is 0 Å². The second kappa shape index (κ2) is 6.58. The monoisotopic (exact) mass is 257 g/mol. The Kier molecular flexibility index (Phi) is 5.40. The van der Waals surface area contributed by atoms with Gasteiger partial charge in [-0.25, -0.2) is 14.5 Å². The van der Waals surface area contributed by atoms with Crippen molar-refractivity contribution in [2.75, 3.05) is 19.6 Å².